The van der Waals surface area contributed by atoms with E-state index in [1.807, 2.05) is 17.0 Å². The zero-order chi connectivity index (χ0) is 13.9. The highest BCUT2D eigenvalue weighted by Crippen LogP contribution is 2.32. The van der Waals surface area contributed by atoms with Crippen molar-refractivity contribution in [3.8, 4) is 0 Å². The number of rotatable bonds is 3. The van der Waals surface area contributed by atoms with Crippen LogP contribution in [-0.4, -0.2) is 22.3 Å². The molecule has 1 aliphatic rings. The summed E-state index contributed by atoms with van der Waals surface area (Å²) in [6.45, 7) is 2.95. The minimum absolute atomic E-state index is 0.228. The van der Waals surface area contributed by atoms with Crippen LogP contribution >= 0.6 is 11.3 Å². The Hall–Kier alpha value is -1.68. The fourth-order valence-corrected chi connectivity index (χ4v) is 3.71. The van der Waals surface area contributed by atoms with Crippen molar-refractivity contribution in [2.45, 2.75) is 32.2 Å². The molecule has 3 heterocycles. The monoisotopic (exact) mass is 286 g/mol. The van der Waals surface area contributed by atoms with Crippen molar-refractivity contribution in [1.29, 1.82) is 0 Å². The van der Waals surface area contributed by atoms with Crippen LogP contribution in [0.15, 0.2) is 36.7 Å². The number of thiophene rings is 1. The van der Waals surface area contributed by atoms with E-state index >= 15 is 0 Å². The van der Waals surface area contributed by atoms with Crippen molar-refractivity contribution in [2.75, 3.05) is 6.54 Å². The molecule has 0 bridgehead atoms. The van der Waals surface area contributed by atoms with Gasteiger partial charge in [0.2, 0.25) is 5.91 Å². The van der Waals surface area contributed by atoms with Crippen molar-refractivity contribution in [3.63, 3.8) is 0 Å². The number of hydrogen-bond acceptors (Lipinski definition) is 3. The first-order valence-corrected chi connectivity index (χ1v) is 7.80. The van der Waals surface area contributed by atoms with Crippen LogP contribution in [-0.2, 0) is 11.2 Å². The molecule has 104 valence electrons. The molecule has 1 atom stereocenters. The van der Waals surface area contributed by atoms with Gasteiger partial charge >= 0.3 is 0 Å². The molecule has 2 aromatic heterocycles. The van der Waals surface area contributed by atoms with Gasteiger partial charge in [0.1, 0.15) is 0 Å². The van der Waals surface area contributed by atoms with Gasteiger partial charge < -0.3 is 4.90 Å². The lowest BCUT2D eigenvalue weighted by atomic mass is 10.1. The van der Waals surface area contributed by atoms with Crippen LogP contribution in [0.2, 0.25) is 0 Å². The van der Waals surface area contributed by atoms with E-state index in [1.165, 1.54) is 10.4 Å². The maximum Gasteiger partial charge on any atom is 0.228 e. The van der Waals surface area contributed by atoms with E-state index in [0.29, 0.717) is 6.42 Å². The molecule has 2 aromatic rings. The first kappa shape index (κ1) is 13.3. The summed E-state index contributed by atoms with van der Waals surface area (Å²) in [7, 11) is 0. The molecule has 4 heteroatoms. The molecular weight excluding hydrogens is 268 g/mol. The van der Waals surface area contributed by atoms with Crippen molar-refractivity contribution >= 4 is 17.2 Å². The molecule has 0 aliphatic carbocycles. The summed E-state index contributed by atoms with van der Waals surface area (Å²) in [6.07, 6.45) is 6.28. The molecule has 0 spiro atoms. The molecule has 1 amide bonds. The first-order chi connectivity index (χ1) is 9.74. The van der Waals surface area contributed by atoms with Crippen LogP contribution in [0.3, 0.4) is 0 Å². The molecule has 3 nitrogen and oxygen atoms in total. The van der Waals surface area contributed by atoms with Crippen molar-refractivity contribution < 1.29 is 4.79 Å². The molecule has 1 aliphatic heterocycles. The van der Waals surface area contributed by atoms with Crippen molar-refractivity contribution in [3.05, 3.63) is 52.0 Å². The summed E-state index contributed by atoms with van der Waals surface area (Å²) in [5.74, 6) is 0.242. The Morgan fingerprint density at radius 1 is 1.35 bits per heavy atom. The van der Waals surface area contributed by atoms with E-state index in [4.69, 9.17) is 0 Å². The van der Waals surface area contributed by atoms with Gasteiger partial charge in [-0.15, -0.1) is 11.3 Å². The Morgan fingerprint density at radius 3 is 2.85 bits per heavy atom. The first-order valence-electron chi connectivity index (χ1n) is 6.99. The van der Waals surface area contributed by atoms with Crippen LogP contribution < -0.4 is 0 Å². The molecule has 0 radical (unpaired) electrons. The molecule has 0 saturated carbocycles. The number of likely N-dealkylation sites (tertiary alicyclic amines) is 1. The summed E-state index contributed by atoms with van der Waals surface area (Å²) in [5, 5.41) is 0. The minimum atomic E-state index is 0.228. The highest BCUT2D eigenvalue weighted by atomic mass is 32.1. The van der Waals surface area contributed by atoms with Gasteiger partial charge in [-0.1, -0.05) is 0 Å². The Balaban J connectivity index is 1.73. The predicted molar refractivity (Wildman–Crippen MR) is 80.7 cm³/mol. The van der Waals surface area contributed by atoms with Crippen LogP contribution in [0.4, 0.5) is 0 Å². The van der Waals surface area contributed by atoms with Gasteiger partial charge in [-0.3, -0.25) is 9.78 Å². The number of carbonyl (C=O) groups is 1. The molecule has 1 fully saturated rings. The van der Waals surface area contributed by atoms with Crippen molar-refractivity contribution in [1.82, 2.24) is 9.88 Å². The lowest BCUT2D eigenvalue weighted by Crippen LogP contribution is -2.31. The topological polar surface area (TPSA) is 33.2 Å². The second-order valence-corrected chi connectivity index (χ2v) is 6.59. The van der Waals surface area contributed by atoms with Gasteiger partial charge in [0.15, 0.2) is 0 Å². The summed E-state index contributed by atoms with van der Waals surface area (Å²) >= 11 is 1.71. The number of pyridine rings is 1. The van der Waals surface area contributed by atoms with Gasteiger partial charge in [0, 0.05) is 28.7 Å². The lowest BCUT2D eigenvalue weighted by molar-refractivity contribution is -0.131. The Kier molecular flexibility index (Phi) is 3.83. The fraction of sp³-hybridized carbons (Fsp3) is 0.375. The Morgan fingerprint density at radius 2 is 2.15 bits per heavy atom. The molecule has 1 saturated heterocycles. The number of aryl methyl sites for hydroxylation is 1. The smallest absolute Gasteiger partial charge is 0.228 e. The fourth-order valence-electron chi connectivity index (χ4n) is 2.83. The van der Waals surface area contributed by atoms with Crippen molar-refractivity contribution in [2.24, 2.45) is 0 Å². The molecule has 3 rings (SSSR count). The number of amides is 1. The normalized spacial score (nSPS) is 18.4. The third kappa shape index (κ3) is 2.75. The van der Waals surface area contributed by atoms with Crippen LogP contribution in [0.25, 0.3) is 0 Å². The second-order valence-electron chi connectivity index (χ2n) is 5.21. The van der Waals surface area contributed by atoms with Gasteiger partial charge in [0.25, 0.3) is 0 Å². The Bertz CT molecular complexity index is 594. The van der Waals surface area contributed by atoms with E-state index in [1.54, 1.807) is 23.7 Å². The molecule has 0 aromatic carbocycles. The third-order valence-electron chi connectivity index (χ3n) is 3.79. The summed E-state index contributed by atoms with van der Waals surface area (Å²) in [5.41, 5.74) is 1.20. The van der Waals surface area contributed by atoms with E-state index in [2.05, 4.69) is 24.0 Å². The van der Waals surface area contributed by atoms with E-state index in [9.17, 15) is 4.79 Å². The largest absolute Gasteiger partial charge is 0.335 e. The summed E-state index contributed by atoms with van der Waals surface area (Å²) in [6, 6.07) is 8.41. The Labute approximate surface area is 123 Å². The van der Waals surface area contributed by atoms with Gasteiger partial charge in [-0.05, 0) is 49.6 Å². The maximum atomic E-state index is 12.5. The number of carbonyl (C=O) groups excluding carboxylic acids is 1. The van der Waals surface area contributed by atoms with Crippen LogP contribution in [0.5, 0.6) is 0 Å². The number of aromatic nitrogens is 1. The van der Waals surface area contributed by atoms with Gasteiger partial charge in [-0.25, -0.2) is 0 Å². The molecule has 20 heavy (non-hydrogen) atoms. The average Bonchev–Trinajstić information content (AvgIpc) is 3.09. The molecule has 0 N–H and O–H groups in total. The summed E-state index contributed by atoms with van der Waals surface area (Å²) < 4.78 is 0. The SMILES string of the molecule is Cc1ccc(CC(=O)N2CCC[C@H]2c2ccncc2)s1. The molecule has 0 unspecified atom stereocenters. The predicted octanol–water partition coefficient (Wildman–Crippen LogP) is 3.36. The number of hydrogen-bond donors (Lipinski definition) is 0. The number of nitrogens with zero attached hydrogens (tertiary/aromatic N) is 2. The van der Waals surface area contributed by atoms with Gasteiger partial charge in [-0.2, -0.15) is 0 Å². The summed E-state index contributed by atoms with van der Waals surface area (Å²) in [4.78, 5) is 21.0. The van der Waals surface area contributed by atoms with E-state index in [0.717, 1.165) is 24.3 Å². The van der Waals surface area contributed by atoms with Crippen LogP contribution in [0, 0.1) is 6.92 Å². The molecular formula is C16H18N2OS. The quantitative estimate of drug-likeness (QED) is 0.867. The van der Waals surface area contributed by atoms with Crippen LogP contribution in [0.1, 0.15) is 34.2 Å². The second kappa shape index (κ2) is 5.75. The zero-order valence-corrected chi connectivity index (χ0v) is 12.4. The zero-order valence-electron chi connectivity index (χ0n) is 11.6. The standard InChI is InChI=1S/C16H18N2OS/c1-12-4-5-14(20-12)11-16(19)18-10-2-3-15(18)13-6-8-17-9-7-13/h4-9,15H,2-3,10-11H2,1H3/t15-/m0/s1. The minimum Gasteiger partial charge on any atom is -0.335 e. The highest BCUT2D eigenvalue weighted by molar-refractivity contribution is 7.12. The highest BCUT2D eigenvalue weighted by Gasteiger charge is 2.29. The van der Waals surface area contributed by atoms with E-state index in [-0.39, 0.29) is 11.9 Å². The lowest BCUT2D eigenvalue weighted by Gasteiger charge is -2.24. The third-order valence-corrected chi connectivity index (χ3v) is 4.79. The van der Waals surface area contributed by atoms with Gasteiger partial charge in [0.05, 0.1) is 12.5 Å². The maximum absolute atomic E-state index is 12.5. The van der Waals surface area contributed by atoms with E-state index < -0.39 is 0 Å². The average molecular weight is 286 g/mol.